The summed E-state index contributed by atoms with van der Waals surface area (Å²) in [6.07, 6.45) is 3.55. The van der Waals surface area contributed by atoms with E-state index in [1.54, 1.807) is 10.9 Å². The number of nitrogens with zero attached hydrogens (tertiary/aromatic N) is 2. The van der Waals surface area contributed by atoms with E-state index in [1.165, 1.54) is 5.56 Å². The fraction of sp³-hybridized carbons (Fsp3) is 0.308. The molecule has 4 nitrogen and oxygen atoms in total. The van der Waals surface area contributed by atoms with E-state index in [0.717, 1.165) is 11.4 Å². The third-order valence-electron chi connectivity index (χ3n) is 2.37. The van der Waals surface area contributed by atoms with E-state index < -0.39 is 0 Å². The Morgan fingerprint density at radius 1 is 1.35 bits per heavy atom. The lowest BCUT2D eigenvalue weighted by Gasteiger charge is -2.05. The number of aromatic nitrogens is 2. The molecule has 17 heavy (non-hydrogen) atoms. The zero-order chi connectivity index (χ0) is 12.3. The molecule has 2 rings (SSSR count). The van der Waals surface area contributed by atoms with Crippen LogP contribution in [0.5, 0.6) is 5.75 Å². The van der Waals surface area contributed by atoms with Crippen molar-refractivity contribution in [1.29, 1.82) is 0 Å². The summed E-state index contributed by atoms with van der Waals surface area (Å²) >= 11 is 0. The summed E-state index contributed by atoms with van der Waals surface area (Å²) in [5.74, 6) is 0.739. The van der Waals surface area contributed by atoms with Crippen molar-refractivity contribution in [2.24, 2.45) is 5.73 Å². The Morgan fingerprint density at radius 2 is 2.06 bits per heavy atom. The summed E-state index contributed by atoms with van der Waals surface area (Å²) in [6, 6.07) is 8.19. The lowest BCUT2D eigenvalue weighted by Crippen LogP contribution is -2.23. The molecule has 0 aliphatic carbocycles. The number of hydrogen-bond acceptors (Lipinski definition) is 3. The lowest BCUT2D eigenvalue weighted by atomic mass is 10.2. The summed E-state index contributed by atoms with van der Waals surface area (Å²) in [5.41, 5.74) is 7.87. The third kappa shape index (κ3) is 3.07. The van der Waals surface area contributed by atoms with Crippen LogP contribution in [0.3, 0.4) is 0 Å². The maximum Gasteiger partial charge on any atom is 0.157 e. The van der Waals surface area contributed by atoms with Gasteiger partial charge in [-0.15, -0.1) is 0 Å². The van der Waals surface area contributed by atoms with Gasteiger partial charge in [-0.25, -0.2) is 4.68 Å². The van der Waals surface area contributed by atoms with Gasteiger partial charge in [0.1, 0.15) is 6.61 Å². The van der Waals surface area contributed by atoms with Gasteiger partial charge in [0.15, 0.2) is 5.75 Å². The minimum atomic E-state index is 0.0257. The Morgan fingerprint density at radius 3 is 2.71 bits per heavy atom. The van der Waals surface area contributed by atoms with Crippen LogP contribution in [0, 0.1) is 6.92 Å². The molecule has 1 heterocycles. The standard InChI is InChI=1S/C13H17N3O/c1-10-3-5-12(6-4-10)16-8-13(7-15-16)17-9-11(2)14/h3-8,11H,9,14H2,1-2H3. The first-order valence-electron chi connectivity index (χ1n) is 5.65. The second kappa shape index (κ2) is 5.01. The Bertz CT molecular complexity index is 474. The van der Waals surface area contributed by atoms with Crippen molar-refractivity contribution >= 4 is 0 Å². The average Bonchev–Trinajstić information content (AvgIpc) is 2.76. The van der Waals surface area contributed by atoms with E-state index in [-0.39, 0.29) is 6.04 Å². The second-order valence-electron chi connectivity index (χ2n) is 4.24. The third-order valence-corrected chi connectivity index (χ3v) is 2.37. The summed E-state index contributed by atoms with van der Waals surface area (Å²) in [6.45, 7) is 4.47. The first-order valence-corrected chi connectivity index (χ1v) is 5.65. The highest BCUT2D eigenvalue weighted by atomic mass is 16.5. The molecule has 1 unspecified atom stereocenters. The summed E-state index contributed by atoms with van der Waals surface area (Å²) in [5, 5.41) is 4.24. The van der Waals surface area contributed by atoms with Gasteiger partial charge in [-0.05, 0) is 26.0 Å². The minimum Gasteiger partial charge on any atom is -0.489 e. The molecule has 0 aliphatic rings. The van der Waals surface area contributed by atoms with Crippen LogP contribution in [-0.4, -0.2) is 22.4 Å². The van der Waals surface area contributed by atoms with Gasteiger partial charge in [0.05, 0.1) is 18.1 Å². The van der Waals surface area contributed by atoms with Crippen LogP contribution in [-0.2, 0) is 0 Å². The molecule has 2 N–H and O–H groups in total. The van der Waals surface area contributed by atoms with Gasteiger partial charge >= 0.3 is 0 Å². The Balaban J connectivity index is 2.10. The van der Waals surface area contributed by atoms with Crippen LogP contribution >= 0.6 is 0 Å². The number of aryl methyl sites for hydroxylation is 1. The minimum absolute atomic E-state index is 0.0257. The van der Waals surface area contributed by atoms with E-state index in [9.17, 15) is 0 Å². The molecule has 0 radical (unpaired) electrons. The van der Waals surface area contributed by atoms with E-state index >= 15 is 0 Å². The maximum atomic E-state index is 5.62. The SMILES string of the molecule is Cc1ccc(-n2cc(OCC(C)N)cn2)cc1. The molecular weight excluding hydrogens is 214 g/mol. The molecule has 4 heteroatoms. The predicted octanol–water partition coefficient (Wildman–Crippen LogP) is 1.91. The van der Waals surface area contributed by atoms with E-state index in [2.05, 4.69) is 24.2 Å². The number of ether oxygens (including phenoxy) is 1. The number of nitrogens with two attached hydrogens (primary N) is 1. The summed E-state index contributed by atoms with van der Waals surface area (Å²) in [7, 11) is 0. The van der Waals surface area contributed by atoms with Crippen LogP contribution in [0.1, 0.15) is 12.5 Å². The highest BCUT2D eigenvalue weighted by molar-refractivity contribution is 5.34. The Labute approximate surface area is 101 Å². The van der Waals surface area contributed by atoms with Crippen molar-refractivity contribution in [2.75, 3.05) is 6.61 Å². The van der Waals surface area contributed by atoms with Crippen molar-refractivity contribution in [3.8, 4) is 11.4 Å². The largest absolute Gasteiger partial charge is 0.489 e. The van der Waals surface area contributed by atoms with Crippen molar-refractivity contribution in [3.05, 3.63) is 42.2 Å². The smallest absolute Gasteiger partial charge is 0.157 e. The van der Waals surface area contributed by atoms with Crippen LogP contribution in [0.2, 0.25) is 0 Å². The zero-order valence-electron chi connectivity index (χ0n) is 10.1. The van der Waals surface area contributed by atoms with Crippen molar-refractivity contribution < 1.29 is 4.74 Å². The first-order chi connectivity index (χ1) is 8.15. The van der Waals surface area contributed by atoms with Gasteiger partial charge in [0, 0.05) is 6.04 Å². The van der Waals surface area contributed by atoms with Gasteiger partial charge in [0.2, 0.25) is 0 Å². The Kier molecular flexibility index (Phi) is 3.44. The van der Waals surface area contributed by atoms with Crippen LogP contribution in [0.25, 0.3) is 5.69 Å². The molecule has 0 spiro atoms. The lowest BCUT2D eigenvalue weighted by molar-refractivity contribution is 0.296. The van der Waals surface area contributed by atoms with E-state index in [4.69, 9.17) is 10.5 Å². The van der Waals surface area contributed by atoms with Crippen molar-refractivity contribution in [2.45, 2.75) is 19.9 Å². The monoisotopic (exact) mass is 231 g/mol. The normalized spacial score (nSPS) is 12.4. The van der Waals surface area contributed by atoms with Crippen LogP contribution < -0.4 is 10.5 Å². The molecule has 0 bridgehead atoms. The topological polar surface area (TPSA) is 53.1 Å². The van der Waals surface area contributed by atoms with Crippen LogP contribution in [0.15, 0.2) is 36.7 Å². The van der Waals surface area contributed by atoms with Crippen molar-refractivity contribution in [3.63, 3.8) is 0 Å². The molecule has 0 saturated carbocycles. The number of benzene rings is 1. The molecule has 0 amide bonds. The summed E-state index contributed by atoms with van der Waals surface area (Å²) < 4.78 is 7.27. The van der Waals surface area contributed by atoms with Crippen LogP contribution in [0.4, 0.5) is 0 Å². The maximum absolute atomic E-state index is 5.62. The second-order valence-corrected chi connectivity index (χ2v) is 4.24. The molecule has 1 atom stereocenters. The predicted molar refractivity (Wildman–Crippen MR) is 67.4 cm³/mol. The van der Waals surface area contributed by atoms with Crippen molar-refractivity contribution in [1.82, 2.24) is 9.78 Å². The number of rotatable bonds is 4. The quantitative estimate of drug-likeness (QED) is 0.874. The molecule has 90 valence electrons. The summed E-state index contributed by atoms with van der Waals surface area (Å²) in [4.78, 5) is 0. The van der Waals surface area contributed by atoms with Gasteiger partial charge in [0.25, 0.3) is 0 Å². The molecule has 1 aromatic carbocycles. The number of hydrogen-bond donors (Lipinski definition) is 1. The molecule has 0 fully saturated rings. The van der Waals surface area contributed by atoms with E-state index in [0.29, 0.717) is 6.61 Å². The van der Waals surface area contributed by atoms with Gasteiger partial charge in [-0.1, -0.05) is 17.7 Å². The Hall–Kier alpha value is -1.81. The molecule has 1 aromatic heterocycles. The highest BCUT2D eigenvalue weighted by Crippen LogP contribution is 2.14. The fourth-order valence-electron chi connectivity index (χ4n) is 1.45. The van der Waals surface area contributed by atoms with Gasteiger partial charge in [-0.3, -0.25) is 0 Å². The van der Waals surface area contributed by atoms with Gasteiger partial charge < -0.3 is 10.5 Å². The molecule has 0 saturated heterocycles. The average molecular weight is 231 g/mol. The highest BCUT2D eigenvalue weighted by Gasteiger charge is 2.02. The molecule has 0 aliphatic heterocycles. The fourth-order valence-corrected chi connectivity index (χ4v) is 1.45. The first kappa shape index (κ1) is 11.7. The van der Waals surface area contributed by atoms with E-state index in [1.807, 2.05) is 25.3 Å². The molecular formula is C13H17N3O. The molecule has 2 aromatic rings. The van der Waals surface area contributed by atoms with Gasteiger partial charge in [-0.2, -0.15) is 5.10 Å². The zero-order valence-corrected chi connectivity index (χ0v) is 10.1.